The zero-order valence-electron chi connectivity index (χ0n) is 10.5. The van der Waals surface area contributed by atoms with E-state index >= 15 is 0 Å². The minimum atomic E-state index is 0.195. The Balaban J connectivity index is 1.87. The van der Waals surface area contributed by atoms with Gasteiger partial charge in [-0.2, -0.15) is 5.10 Å². The van der Waals surface area contributed by atoms with Crippen LogP contribution in [0, 0.1) is 0 Å². The minimum Gasteiger partial charge on any atom is -0.300 e. The van der Waals surface area contributed by atoms with E-state index in [4.69, 9.17) is 0 Å². The van der Waals surface area contributed by atoms with Crippen LogP contribution >= 0.6 is 0 Å². The smallest absolute Gasteiger partial charge is 0.134 e. The van der Waals surface area contributed by atoms with Crippen molar-refractivity contribution >= 4 is 5.78 Å². The van der Waals surface area contributed by atoms with Gasteiger partial charge in [0.1, 0.15) is 5.78 Å². The van der Waals surface area contributed by atoms with Crippen molar-refractivity contribution in [2.24, 2.45) is 0 Å². The van der Waals surface area contributed by atoms with Crippen LogP contribution in [0.1, 0.15) is 36.9 Å². The lowest BCUT2D eigenvalue weighted by atomic mass is 10.1. The quantitative estimate of drug-likeness (QED) is 0.823. The van der Waals surface area contributed by atoms with Gasteiger partial charge in [0.15, 0.2) is 0 Å². The molecule has 3 nitrogen and oxygen atoms in total. The number of Topliss-reactive ketones (excluding diaryl/α,β-unsaturated/α-hetero) is 1. The predicted molar refractivity (Wildman–Crippen MR) is 69.9 cm³/mol. The largest absolute Gasteiger partial charge is 0.300 e. The number of rotatable bonds is 4. The normalized spacial score (nSPS) is 14.7. The molecule has 0 radical (unpaired) electrons. The third kappa shape index (κ3) is 2.21. The van der Waals surface area contributed by atoms with E-state index in [0.717, 1.165) is 11.3 Å². The van der Waals surface area contributed by atoms with Crippen LogP contribution in [0.2, 0.25) is 0 Å². The Labute approximate surface area is 106 Å². The van der Waals surface area contributed by atoms with Crippen LogP contribution in [0.15, 0.2) is 36.5 Å². The molecule has 1 fully saturated rings. The molecule has 1 saturated carbocycles. The molecule has 92 valence electrons. The van der Waals surface area contributed by atoms with Crippen LogP contribution < -0.4 is 0 Å². The first kappa shape index (κ1) is 11.2. The molecule has 1 aromatic heterocycles. The first-order valence-electron chi connectivity index (χ1n) is 6.37. The number of ketones is 1. The third-order valence-corrected chi connectivity index (χ3v) is 3.30. The topological polar surface area (TPSA) is 34.9 Å². The highest BCUT2D eigenvalue weighted by atomic mass is 16.1. The van der Waals surface area contributed by atoms with Gasteiger partial charge in [-0.3, -0.25) is 4.79 Å². The number of carbonyl (C=O) groups is 1. The number of aromatic nitrogens is 2. The Morgan fingerprint density at radius 2 is 2.00 bits per heavy atom. The van der Waals surface area contributed by atoms with Gasteiger partial charge in [0.05, 0.1) is 5.69 Å². The molecule has 0 unspecified atom stereocenters. The summed E-state index contributed by atoms with van der Waals surface area (Å²) in [7, 11) is 0. The van der Waals surface area contributed by atoms with Gasteiger partial charge in [0.25, 0.3) is 0 Å². The highest BCUT2D eigenvalue weighted by Crippen LogP contribution is 2.40. The van der Waals surface area contributed by atoms with Gasteiger partial charge in [-0.15, -0.1) is 0 Å². The van der Waals surface area contributed by atoms with Crippen molar-refractivity contribution in [1.82, 2.24) is 9.78 Å². The van der Waals surface area contributed by atoms with E-state index in [1.807, 2.05) is 35.1 Å². The van der Waals surface area contributed by atoms with Crippen molar-refractivity contribution in [3.63, 3.8) is 0 Å². The summed E-state index contributed by atoms with van der Waals surface area (Å²) in [6.07, 6.45) is 4.91. The van der Waals surface area contributed by atoms with E-state index in [2.05, 4.69) is 11.2 Å². The van der Waals surface area contributed by atoms with Crippen LogP contribution in [0.5, 0.6) is 0 Å². The summed E-state index contributed by atoms with van der Waals surface area (Å²) in [5.41, 5.74) is 3.44. The molecule has 0 spiro atoms. The summed E-state index contributed by atoms with van der Waals surface area (Å²) in [6.45, 7) is 1.62. The Morgan fingerprint density at radius 1 is 1.28 bits per heavy atom. The summed E-state index contributed by atoms with van der Waals surface area (Å²) in [4.78, 5) is 11.1. The molecule has 1 aromatic carbocycles. The Kier molecular flexibility index (Phi) is 2.74. The number of carbonyl (C=O) groups excluding carboxylic acids is 1. The fourth-order valence-corrected chi connectivity index (χ4v) is 2.26. The molecule has 3 rings (SSSR count). The first-order valence-corrected chi connectivity index (χ1v) is 6.37. The summed E-state index contributed by atoms with van der Waals surface area (Å²) >= 11 is 0. The van der Waals surface area contributed by atoms with Crippen molar-refractivity contribution in [2.75, 3.05) is 0 Å². The molecule has 0 amide bonds. The Morgan fingerprint density at radius 3 is 2.61 bits per heavy atom. The van der Waals surface area contributed by atoms with Gasteiger partial charge >= 0.3 is 0 Å². The summed E-state index contributed by atoms with van der Waals surface area (Å²) in [5.74, 6) is 0.880. The summed E-state index contributed by atoms with van der Waals surface area (Å²) < 4.78 is 2.01. The highest BCUT2D eigenvalue weighted by Gasteiger charge is 2.27. The van der Waals surface area contributed by atoms with Crippen molar-refractivity contribution in [2.45, 2.75) is 32.1 Å². The van der Waals surface area contributed by atoms with E-state index in [1.165, 1.54) is 18.5 Å². The zero-order chi connectivity index (χ0) is 12.5. The molecule has 2 aromatic rings. The number of benzene rings is 1. The SMILES string of the molecule is CC(=O)Cc1ccc(-n2nccc2C2CC2)cc1. The number of hydrogen-bond donors (Lipinski definition) is 0. The molecule has 1 aliphatic carbocycles. The van der Waals surface area contributed by atoms with E-state index in [-0.39, 0.29) is 5.78 Å². The van der Waals surface area contributed by atoms with Crippen LogP contribution in [-0.4, -0.2) is 15.6 Å². The molecular formula is C15H16N2O. The van der Waals surface area contributed by atoms with E-state index in [1.54, 1.807) is 6.92 Å². The van der Waals surface area contributed by atoms with Gasteiger partial charge in [-0.25, -0.2) is 4.68 Å². The Bertz CT molecular complexity index is 564. The van der Waals surface area contributed by atoms with Crippen LogP contribution in [0.25, 0.3) is 5.69 Å². The van der Waals surface area contributed by atoms with Crippen LogP contribution in [0.4, 0.5) is 0 Å². The maximum atomic E-state index is 11.1. The molecular weight excluding hydrogens is 224 g/mol. The molecule has 18 heavy (non-hydrogen) atoms. The van der Waals surface area contributed by atoms with E-state index < -0.39 is 0 Å². The molecule has 0 N–H and O–H groups in total. The second-order valence-electron chi connectivity index (χ2n) is 4.99. The fourth-order valence-electron chi connectivity index (χ4n) is 2.26. The molecule has 1 heterocycles. The molecule has 0 aliphatic heterocycles. The first-order chi connectivity index (χ1) is 8.74. The second-order valence-corrected chi connectivity index (χ2v) is 4.99. The lowest BCUT2D eigenvalue weighted by molar-refractivity contribution is -0.116. The van der Waals surface area contributed by atoms with Crippen molar-refractivity contribution < 1.29 is 4.79 Å². The third-order valence-electron chi connectivity index (χ3n) is 3.30. The summed E-state index contributed by atoms with van der Waals surface area (Å²) in [5, 5.41) is 4.39. The second kappa shape index (κ2) is 4.41. The van der Waals surface area contributed by atoms with Gasteiger partial charge in [0.2, 0.25) is 0 Å². The lowest BCUT2D eigenvalue weighted by Gasteiger charge is -2.07. The monoisotopic (exact) mass is 240 g/mol. The molecule has 0 atom stereocenters. The standard InChI is InChI=1S/C15H16N2O/c1-11(18)10-12-2-6-14(7-3-12)17-15(8-9-16-17)13-4-5-13/h2-3,6-9,13H,4-5,10H2,1H3. The zero-order valence-corrected chi connectivity index (χ0v) is 10.5. The average molecular weight is 240 g/mol. The number of hydrogen-bond acceptors (Lipinski definition) is 2. The van der Waals surface area contributed by atoms with Crippen molar-refractivity contribution in [3.8, 4) is 5.69 Å². The van der Waals surface area contributed by atoms with E-state index in [9.17, 15) is 4.79 Å². The molecule has 3 heteroatoms. The van der Waals surface area contributed by atoms with E-state index in [0.29, 0.717) is 12.3 Å². The van der Waals surface area contributed by atoms with Crippen molar-refractivity contribution in [3.05, 3.63) is 47.8 Å². The highest BCUT2D eigenvalue weighted by molar-refractivity contribution is 5.78. The predicted octanol–water partition coefficient (Wildman–Crippen LogP) is 2.88. The lowest BCUT2D eigenvalue weighted by Crippen LogP contribution is -2.02. The summed E-state index contributed by atoms with van der Waals surface area (Å²) in [6, 6.07) is 10.2. The average Bonchev–Trinajstić information content (AvgIpc) is 3.08. The molecule has 0 saturated heterocycles. The maximum Gasteiger partial charge on any atom is 0.134 e. The molecule has 0 bridgehead atoms. The van der Waals surface area contributed by atoms with Crippen LogP contribution in [0.3, 0.4) is 0 Å². The number of nitrogens with zero attached hydrogens (tertiary/aromatic N) is 2. The van der Waals surface area contributed by atoms with Crippen LogP contribution in [-0.2, 0) is 11.2 Å². The van der Waals surface area contributed by atoms with Gasteiger partial charge in [-0.05, 0) is 43.5 Å². The van der Waals surface area contributed by atoms with Crippen molar-refractivity contribution in [1.29, 1.82) is 0 Å². The van der Waals surface area contributed by atoms with Gasteiger partial charge < -0.3 is 0 Å². The Hall–Kier alpha value is -1.90. The van der Waals surface area contributed by atoms with Gasteiger partial charge in [-0.1, -0.05) is 12.1 Å². The van der Waals surface area contributed by atoms with Gasteiger partial charge in [0, 0.05) is 24.2 Å². The fraction of sp³-hybridized carbons (Fsp3) is 0.333. The molecule has 1 aliphatic rings. The minimum absolute atomic E-state index is 0.195. The maximum absolute atomic E-state index is 11.1.